The summed E-state index contributed by atoms with van der Waals surface area (Å²) in [6, 6.07) is 7.16. The van der Waals surface area contributed by atoms with Gasteiger partial charge in [-0.3, -0.25) is 0 Å². The monoisotopic (exact) mass is 314 g/mol. The maximum absolute atomic E-state index is 12.4. The molecule has 0 radical (unpaired) electrons. The second-order valence-corrected chi connectivity index (χ2v) is 8.01. The van der Waals surface area contributed by atoms with E-state index >= 15 is 0 Å². The lowest BCUT2D eigenvalue weighted by Crippen LogP contribution is -2.31. The Balaban J connectivity index is 2.05. The number of sulfonamides is 1. The molecule has 1 heterocycles. The fourth-order valence-electron chi connectivity index (χ4n) is 2.36. The van der Waals surface area contributed by atoms with Gasteiger partial charge in [-0.2, -0.15) is 11.8 Å². The zero-order valence-electron chi connectivity index (χ0n) is 11.8. The van der Waals surface area contributed by atoms with Crippen molar-refractivity contribution < 1.29 is 8.42 Å². The van der Waals surface area contributed by atoms with Crippen molar-refractivity contribution in [3.8, 4) is 0 Å². The van der Waals surface area contributed by atoms with Crippen LogP contribution in [0.2, 0.25) is 0 Å². The number of thioether (sulfide) groups is 1. The van der Waals surface area contributed by atoms with Crippen molar-refractivity contribution in [3.63, 3.8) is 0 Å². The normalized spacial score (nSPS) is 17.2. The Hall–Kier alpha value is -0.560. The smallest absolute Gasteiger partial charge is 0.240 e. The van der Waals surface area contributed by atoms with Gasteiger partial charge in [0, 0.05) is 13.1 Å². The molecule has 2 rings (SSSR count). The first-order valence-corrected chi connectivity index (χ1v) is 9.57. The Morgan fingerprint density at radius 3 is 2.65 bits per heavy atom. The van der Waals surface area contributed by atoms with Crippen LogP contribution in [0.15, 0.2) is 29.2 Å². The van der Waals surface area contributed by atoms with E-state index in [0.29, 0.717) is 23.9 Å². The summed E-state index contributed by atoms with van der Waals surface area (Å²) in [7, 11) is -1.59. The van der Waals surface area contributed by atoms with Gasteiger partial charge in [-0.25, -0.2) is 13.1 Å². The third-order valence-corrected chi connectivity index (χ3v) is 6.11. The highest BCUT2D eigenvalue weighted by atomic mass is 32.2. The molecule has 0 unspecified atom stereocenters. The lowest BCUT2D eigenvalue weighted by molar-refractivity contribution is 0.476. The fraction of sp³-hybridized carbons (Fsp3) is 0.571. The summed E-state index contributed by atoms with van der Waals surface area (Å²) in [6.45, 7) is 1.11. The molecule has 20 heavy (non-hydrogen) atoms. The van der Waals surface area contributed by atoms with Gasteiger partial charge in [-0.05, 0) is 48.9 Å². The van der Waals surface area contributed by atoms with Crippen LogP contribution in [0.4, 0.5) is 0 Å². The summed E-state index contributed by atoms with van der Waals surface area (Å²) >= 11 is 1.95. The van der Waals surface area contributed by atoms with E-state index in [1.54, 1.807) is 12.1 Å². The topological polar surface area (TPSA) is 58.2 Å². The van der Waals surface area contributed by atoms with Gasteiger partial charge in [0.25, 0.3) is 0 Å². The van der Waals surface area contributed by atoms with Crippen LogP contribution in [0, 0.1) is 5.92 Å². The fourth-order valence-corrected chi connectivity index (χ4v) is 4.92. The molecule has 2 N–H and O–H groups in total. The first kappa shape index (κ1) is 15.8. The van der Waals surface area contributed by atoms with Crippen LogP contribution >= 0.6 is 11.8 Å². The minimum absolute atomic E-state index is 0.388. The second-order valence-electron chi connectivity index (χ2n) is 5.05. The number of nitrogens with one attached hydrogen (secondary N) is 2. The van der Waals surface area contributed by atoms with Gasteiger partial charge in [0.1, 0.15) is 0 Å². The summed E-state index contributed by atoms with van der Waals surface area (Å²) in [5.41, 5.74) is 0.807. The molecule has 4 nitrogen and oxygen atoms in total. The minimum atomic E-state index is -3.41. The van der Waals surface area contributed by atoms with Gasteiger partial charge in [-0.1, -0.05) is 18.2 Å². The van der Waals surface area contributed by atoms with E-state index in [9.17, 15) is 8.42 Å². The summed E-state index contributed by atoms with van der Waals surface area (Å²) in [5.74, 6) is 2.76. The highest BCUT2D eigenvalue weighted by molar-refractivity contribution is 7.99. The number of benzene rings is 1. The Labute approximate surface area is 125 Å². The Morgan fingerprint density at radius 2 is 1.95 bits per heavy atom. The van der Waals surface area contributed by atoms with Crippen LogP contribution < -0.4 is 10.0 Å². The van der Waals surface area contributed by atoms with Gasteiger partial charge in [-0.15, -0.1) is 0 Å². The maximum Gasteiger partial charge on any atom is 0.240 e. The molecular weight excluding hydrogens is 292 g/mol. The van der Waals surface area contributed by atoms with Crippen molar-refractivity contribution >= 4 is 21.8 Å². The lowest BCUT2D eigenvalue weighted by atomic mass is 10.0. The zero-order valence-corrected chi connectivity index (χ0v) is 13.4. The van der Waals surface area contributed by atoms with Crippen molar-refractivity contribution in [2.75, 3.05) is 25.1 Å². The molecule has 0 atom stereocenters. The van der Waals surface area contributed by atoms with E-state index in [-0.39, 0.29) is 0 Å². The largest absolute Gasteiger partial charge is 0.316 e. The predicted molar refractivity (Wildman–Crippen MR) is 84.4 cm³/mol. The van der Waals surface area contributed by atoms with Gasteiger partial charge >= 0.3 is 0 Å². The van der Waals surface area contributed by atoms with Crippen molar-refractivity contribution in [2.45, 2.75) is 24.3 Å². The summed E-state index contributed by atoms with van der Waals surface area (Å²) in [4.78, 5) is 0.388. The molecule has 0 aromatic heterocycles. The van der Waals surface area contributed by atoms with E-state index in [0.717, 1.165) is 29.9 Å². The Kier molecular flexibility index (Phi) is 5.89. The van der Waals surface area contributed by atoms with Gasteiger partial charge < -0.3 is 5.32 Å². The SMILES string of the molecule is CNCc1ccccc1S(=O)(=O)NCC1CCSCC1. The van der Waals surface area contributed by atoms with Crippen molar-refractivity contribution in [2.24, 2.45) is 5.92 Å². The Morgan fingerprint density at radius 1 is 1.25 bits per heavy atom. The molecule has 1 fully saturated rings. The summed E-state index contributed by atoms with van der Waals surface area (Å²) in [5, 5.41) is 3.01. The highest BCUT2D eigenvalue weighted by Crippen LogP contribution is 2.23. The third kappa shape index (κ3) is 4.22. The van der Waals surface area contributed by atoms with E-state index in [1.807, 2.05) is 30.9 Å². The molecule has 1 aromatic rings. The van der Waals surface area contributed by atoms with Gasteiger partial charge in [0.2, 0.25) is 10.0 Å². The van der Waals surface area contributed by atoms with E-state index < -0.39 is 10.0 Å². The van der Waals surface area contributed by atoms with Crippen LogP contribution in [0.5, 0.6) is 0 Å². The van der Waals surface area contributed by atoms with E-state index in [2.05, 4.69) is 10.0 Å². The lowest BCUT2D eigenvalue weighted by Gasteiger charge is -2.21. The average Bonchev–Trinajstić information content (AvgIpc) is 2.47. The highest BCUT2D eigenvalue weighted by Gasteiger charge is 2.20. The molecular formula is C14H22N2O2S2. The standard InChI is InChI=1S/C14H22N2O2S2/c1-15-11-13-4-2-3-5-14(13)20(17,18)16-10-12-6-8-19-9-7-12/h2-5,12,15-16H,6-11H2,1H3. The number of hydrogen-bond acceptors (Lipinski definition) is 4. The molecule has 6 heteroatoms. The van der Waals surface area contributed by atoms with Crippen LogP contribution in [0.3, 0.4) is 0 Å². The number of hydrogen-bond donors (Lipinski definition) is 2. The molecule has 0 aliphatic carbocycles. The predicted octanol–water partition coefficient (Wildman–Crippen LogP) is 1.83. The summed E-state index contributed by atoms with van der Waals surface area (Å²) < 4.78 is 27.6. The zero-order chi connectivity index (χ0) is 14.4. The van der Waals surface area contributed by atoms with Crippen molar-refractivity contribution in [1.29, 1.82) is 0 Å². The van der Waals surface area contributed by atoms with Gasteiger partial charge in [0.05, 0.1) is 4.90 Å². The molecule has 0 bridgehead atoms. The van der Waals surface area contributed by atoms with Crippen molar-refractivity contribution in [1.82, 2.24) is 10.0 Å². The number of rotatable bonds is 6. The molecule has 1 saturated heterocycles. The van der Waals surface area contributed by atoms with Crippen LogP contribution in [-0.2, 0) is 16.6 Å². The van der Waals surface area contributed by atoms with Crippen LogP contribution in [0.1, 0.15) is 18.4 Å². The van der Waals surface area contributed by atoms with E-state index in [1.165, 1.54) is 0 Å². The molecule has 1 aliphatic rings. The molecule has 0 saturated carbocycles. The Bertz CT molecular complexity index is 526. The van der Waals surface area contributed by atoms with E-state index in [4.69, 9.17) is 0 Å². The van der Waals surface area contributed by atoms with Crippen LogP contribution in [-0.4, -0.2) is 33.5 Å². The van der Waals surface area contributed by atoms with Crippen LogP contribution in [0.25, 0.3) is 0 Å². The average molecular weight is 314 g/mol. The van der Waals surface area contributed by atoms with Crippen molar-refractivity contribution in [3.05, 3.63) is 29.8 Å². The minimum Gasteiger partial charge on any atom is -0.316 e. The first-order chi connectivity index (χ1) is 9.63. The molecule has 0 spiro atoms. The molecule has 1 aromatic carbocycles. The second kappa shape index (κ2) is 7.45. The molecule has 112 valence electrons. The molecule has 0 amide bonds. The third-order valence-electron chi connectivity index (χ3n) is 3.53. The maximum atomic E-state index is 12.4. The molecule has 1 aliphatic heterocycles. The quantitative estimate of drug-likeness (QED) is 0.841. The summed E-state index contributed by atoms with van der Waals surface area (Å²) in [6.07, 6.45) is 2.21. The van der Waals surface area contributed by atoms with Gasteiger partial charge in [0.15, 0.2) is 0 Å². The first-order valence-electron chi connectivity index (χ1n) is 6.93.